The molecule has 0 aliphatic rings. The van der Waals surface area contributed by atoms with Gasteiger partial charge in [-0.15, -0.1) is 0 Å². The van der Waals surface area contributed by atoms with E-state index in [1.807, 2.05) is 13.0 Å². The van der Waals surface area contributed by atoms with Gasteiger partial charge in [-0.25, -0.2) is 0 Å². The van der Waals surface area contributed by atoms with E-state index < -0.39 is 0 Å². The van der Waals surface area contributed by atoms with Crippen molar-refractivity contribution in [1.29, 1.82) is 0 Å². The number of hydrogen-bond donors (Lipinski definition) is 1. The lowest BCUT2D eigenvalue weighted by molar-refractivity contribution is 0.302. The van der Waals surface area contributed by atoms with Crippen molar-refractivity contribution in [3.63, 3.8) is 0 Å². The fraction of sp³-hybridized carbons (Fsp3) is 0.625. The first-order valence-corrected chi connectivity index (χ1v) is 7.16. The average Bonchev–Trinajstić information content (AvgIpc) is 2.31. The number of unbranched alkanes of at least 4 members (excludes halogenated alkanes) is 6. The quantitative estimate of drug-likeness (QED) is 0.636. The van der Waals surface area contributed by atoms with Gasteiger partial charge in [-0.05, 0) is 31.0 Å². The average molecular weight is 250 g/mol. The van der Waals surface area contributed by atoms with Gasteiger partial charge < -0.3 is 9.84 Å². The van der Waals surface area contributed by atoms with Crippen LogP contribution >= 0.6 is 0 Å². The number of benzene rings is 1. The van der Waals surface area contributed by atoms with E-state index in [-0.39, 0.29) is 5.75 Å². The maximum atomic E-state index is 9.44. The SMILES string of the molecule is CCCCCCCCCOc1cc(C)cc(O)c1. The largest absolute Gasteiger partial charge is 0.508 e. The molecule has 0 fully saturated rings. The van der Waals surface area contributed by atoms with Crippen LogP contribution in [-0.4, -0.2) is 11.7 Å². The van der Waals surface area contributed by atoms with Crippen molar-refractivity contribution in [3.8, 4) is 11.5 Å². The molecule has 0 amide bonds. The minimum Gasteiger partial charge on any atom is -0.508 e. The van der Waals surface area contributed by atoms with E-state index in [4.69, 9.17) is 4.74 Å². The Morgan fingerprint density at radius 1 is 0.944 bits per heavy atom. The highest BCUT2D eigenvalue weighted by molar-refractivity contribution is 5.36. The number of hydrogen-bond acceptors (Lipinski definition) is 2. The van der Waals surface area contributed by atoms with Crippen LogP contribution in [0.5, 0.6) is 11.5 Å². The molecular weight excluding hydrogens is 224 g/mol. The molecule has 1 aromatic rings. The first-order valence-electron chi connectivity index (χ1n) is 7.16. The van der Waals surface area contributed by atoms with Crippen molar-refractivity contribution in [3.05, 3.63) is 23.8 Å². The van der Waals surface area contributed by atoms with Crippen molar-refractivity contribution >= 4 is 0 Å². The summed E-state index contributed by atoms with van der Waals surface area (Å²) >= 11 is 0. The number of phenols is 1. The van der Waals surface area contributed by atoms with Crippen molar-refractivity contribution < 1.29 is 9.84 Å². The molecule has 0 saturated carbocycles. The molecule has 102 valence electrons. The maximum absolute atomic E-state index is 9.44. The van der Waals surface area contributed by atoms with Crippen LogP contribution in [0.1, 0.15) is 57.4 Å². The number of ether oxygens (including phenoxy) is 1. The summed E-state index contributed by atoms with van der Waals surface area (Å²) in [6, 6.07) is 5.37. The summed E-state index contributed by atoms with van der Waals surface area (Å²) in [6.07, 6.45) is 9.02. The Morgan fingerprint density at radius 2 is 1.61 bits per heavy atom. The van der Waals surface area contributed by atoms with E-state index in [0.717, 1.165) is 24.3 Å². The van der Waals surface area contributed by atoms with Crippen molar-refractivity contribution in [1.82, 2.24) is 0 Å². The molecule has 1 rings (SSSR count). The zero-order chi connectivity index (χ0) is 13.2. The van der Waals surface area contributed by atoms with Gasteiger partial charge in [-0.3, -0.25) is 0 Å². The summed E-state index contributed by atoms with van der Waals surface area (Å²) in [5.41, 5.74) is 1.03. The van der Waals surface area contributed by atoms with Gasteiger partial charge in [0.2, 0.25) is 0 Å². The lowest BCUT2D eigenvalue weighted by Gasteiger charge is -2.07. The van der Waals surface area contributed by atoms with Crippen LogP contribution < -0.4 is 4.74 Å². The highest BCUT2D eigenvalue weighted by Crippen LogP contribution is 2.21. The van der Waals surface area contributed by atoms with E-state index >= 15 is 0 Å². The van der Waals surface area contributed by atoms with Crippen molar-refractivity contribution in [2.24, 2.45) is 0 Å². The molecule has 1 aromatic carbocycles. The molecule has 0 aromatic heterocycles. The maximum Gasteiger partial charge on any atom is 0.123 e. The van der Waals surface area contributed by atoms with Crippen LogP contribution in [0.4, 0.5) is 0 Å². The molecule has 0 aliphatic heterocycles. The molecule has 18 heavy (non-hydrogen) atoms. The predicted octanol–water partition coefficient (Wildman–Crippen LogP) is 4.83. The number of aromatic hydroxyl groups is 1. The first-order chi connectivity index (χ1) is 8.72. The summed E-state index contributed by atoms with van der Waals surface area (Å²) in [5.74, 6) is 1.06. The van der Waals surface area contributed by atoms with Crippen LogP contribution in [-0.2, 0) is 0 Å². The third-order valence-corrected chi connectivity index (χ3v) is 3.05. The molecule has 0 atom stereocenters. The van der Waals surface area contributed by atoms with Gasteiger partial charge in [0, 0.05) is 6.07 Å². The van der Waals surface area contributed by atoms with Gasteiger partial charge in [0.15, 0.2) is 0 Å². The molecule has 0 unspecified atom stereocenters. The highest BCUT2D eigenvalue weighted by Gasteiger charge is 1.98. The Balaban J connectivity index is 2.07. The van der Waals surface area contributed by atoms with Crippen LogP contribution in [0.15, 0.2) is 18.2 Å². The third kappa shape index (κ3) is 6.53. The molecule has 1 N–H and O–H groups in total. The molecule has 0 radical (unpaired) electrons. The lowest BCUT2D eigenvalue weighted by atomic mass is 10.1. The number of phenolic OH excluding ortho intramolecular Hbond substituents is 1. The van der Waals surface area contributed by atoms with E-state index in [1.165, 1.54) is 38.5 Å². The van der Waals surface area contributed by atoms with Crippen molar-refractivity contribution in [2.45, 2.75) is 58.8 Å². The zero-order valence-electron chi connectivity index (χ0n) is 11.7. The minimum absolute atomic E-state index is 0.282. The Kier molecular flexibility index (Phi) is 7.31. The molecule has 0 spiro atoms. The normalized spacial score (nSPS) is 10.6. The summed E-state index contributed by atoms with van der Waals surface area (Å²) < 4.78 is 5.64. The molecule has 0 bridgehead atoms. The summed E-state index contributed by atoms with van der Waals surface area (Å²) in [6.45, 7) is 4.95. The Bertz CT molecular complexity index is 314. The second kappa shape index (κ2) is 8.84. The number of aryl methyl sites for hydroxylation is 1. The molecule has 0 saturated heterocycles. The van der Waals surface area contributed by atoms with Crippen LogP contribution in [0.2, 0.25) is 0 Å². The fourth-order valence-corrected chi connectivity index (χ4v) is 2.06. The van der Waals surface area contributed by atoms with E-state index in [1.54, 1.807) is 12.1 Å². The third-order valence-electron chi connectivity index (χ3n) is 3.05. The van der Waals surface area contributed by atoms with Crippen molar-refractivity contribution in [2.75, 3.05) is 6.61 Å². The Morgan fingerprint density at radius 3 is 2.28 bits per heavy atom. The van der Waals surface area contributed by atoms with Gasteiger partial charge in [-0.1, -0.05) is 45.4 Å². The van der Waals surface area contributed by atoms with Gasteiger partial charge >= 0.3 is 0 Å². The van der Waals surface area contributed by atoms with Gasteiger partial charge in [-0.2, -0.15) is 0 Å². The Labute approximate surface area is 111 Å². The Hall–Kier alpha value is -1.18. The van der Waals surface area contributed by atoms with E-state index in [9.17, 15) is 5.11 Å². The van der Waals surface area contributed by atoms with Crippen LogP contribution in [0, 0.1) is 6.92 Å². The molecule has 0 aliphatic carbocycles. The van der Waals surface area contributed by atoms with E-state index in [2.05, 4.69) is 6.92 Å². The van der Waals surface area contributed by atoms with Crippen LogP contribution in [0.25, 0.3) is 0 Å². The summed E-state index contributed by atoms with van der Waals surface area (Å²) in [5, 5.41) is 9.44. The lowest BCUT2D eigenvalue weighted by Crippen LogP contribution is -1.97. The topological polar surface area (TPSA) is 29.5 Å². The molecule has 0 heterocycles. The first kappa shape index (κ1) is 14.9. The smallest absolute Gasteiger partial charge is 0.123 e. The monoisotopic (exact) mass is 250 g/mol. The van der Waals surface area contributed by atoms with Gasteiger partial charge in [0.1, 0.15) is 11.5 Å². The van der Waals surface area contributed by atoms with Crippen LogP contribution in [0.3, 0.4) is 0 Å². The summed E-state index contributed by atoms with van der Waals surface area (Å²) in [4.78, 5) is 0. The zero-order valence-corrected chi connectivity index (χ0v) is 11.7. The second-order valence-corrected chi connectivity index (χ2v) is 4.97. The van der Waals surface area contributed by atoms with Gasteiger partial charge in [0.05, 0.1) is 6.61 Å². The second-order valence-electron chi connectivity index (χ2n) is 4.97. The number of rotatable bonds is 9. The predicted molar refractivity (Wildman–Crippen MR) is 76.3 cm³/mol. The highest BCUT2D eigenvalue weighted by atomic mass is 16.5. The molecule has 2 nitrogen and oxygen atoms in total. The van der Waals surface area contributed by atoms with E-state index in [0.29, 0.717) is 0 Å². The standard InChI is InChI=1S/C16H26O2/c1-3-4-5-6-7-8-9-10-18-16-12-14(2)11-15(17)13-16/h11-13,17H,3-10H2,1-2H3. The minimum atomic E-state index is 0.282. The summed E-state index contributed by atoms with van der Waals surface area (Å²) in [7, 11) is 0. The van der Waals surface area contributed by atoms with Gasteiger partial charge in [0.25, 0.3) is 0 Å². The molecule has 2 heteroatoms. The fourth-order valence-electron chi connectivity index (χ4n) is 2.06. The molecular formula is C16H26O2.